The maximum absolute atomic E-state index is 2.36. The SMILES string of the molecule is C1=C[C@H]2CCCC12. The summed E-state index contributed by atoms with van der Waals surface area (Å²) in [6, 6.07) is 0. The third-order valence-corrected chi connectivity index (χ3v) is 2.23. The van der Waals surface area contributed by atoms with Crippen molar-refractivity contribution in [2.45, 2.75) is 19.3 Å². The summed E-state index contributed by atoms with van der Waals surface area (Å²) in [5, 5.41) is 0. The lowest BCUT2D eigenvalue weighted by atomic mass is 9.86. The first kappa shape index (κ1) is 3.71. The minimum absolute atomic E-state index is 1.01. The van der Waals surface area contributed by atoms with Crippen LogP contribution in [0.4, 0.5) is 0 Å². The fourth-order valence-corrected chi connectivity index (χ4v) is 1.64. The molecule has 2 atom stereocenters. The zero-order valence-electron chi connectivity index (χ0n) is 4.43. The highest BCUT2D eigenvalue weighted by Crippen LogP contribution is 2.39. The van der Waals surface area contributed by atoms with E-state index in [2.05, 4.69) is 12.2 Å². The van der Waals surface area contributed by atoms with Crippen molar-refractivity contribution in [2.75, 3.05) is 0 Å². The van der Waals surface area contributed by atoms with Gasteiger partial charge in [0.15, 0.2) is 0 Å². The fraction of sp³-hybridized carbons (Fsp3) is 0.714. The van der Waals surface area contributed by atoms with Crippen LogP contribution in [0.2, 0.25) is 0 Å². The molecule has 0 bridgehead atoms. The van der Waals surface area contributed by atoms with E-state index in [1.54, 1.807) is 0 Å². The molecule has 0 amide bonds. The van der Waals surface area contributed by atoms with Gasteiger partial charge in [-0.2, -0.15) is 0 Å². The van der Waals surface area contributed by atoms with Crippen LogP contribution >= 0.6 is 0 Å². The molecule has 1 fully saturated rings. The van der Waals surface area contributed by atoms with Gasteiger partial charge in [-0.15, -0.1) is 0 Å². The number of hydrogen-bond acceptors (Lipinski definition) is 0. The molecule has 0 heteroatoms. The molecule has 0 nitrogen and oxygen atoms in total. The van der Waals surface area contributed by atoms with Crippen LogP contribution in [0.3, 0.4) is 0 Å². The van der Waals surface area contributed by atoms with Crippen LogP contribution in [0.5, 0.6) is 0 Å². The molecule has 38 valence electrons. The van der Waals surface area contributed by atoms with Gasteiger partial charge in [-0.3, -0.25) is 0 Å². The van der Waals surface area contributed by atoms with Crippen LogP contribution in [0.15, 0.2) is 12.2 Å². The van der Waals surface area contributed by atoms with Crippen molar-refractivity contribution in [1.82, 2.24) is 0 Å². The van der Waals surface area contributed by atoms with Gasteiger partial charge >= 0.3 is 0 Å². The highest BCUT2D eigenvalue weighted by Gasteiger charge is 2.28. The van der Waals surface area contributed by atoms with Crippen LogP contribution in [0, 0.1) is 11.8 Å². The molecule has 2 aliphatic rings. The van der Waals surface area contributed by atoms with Gasteiger partial charge in [0, 0.05) is 0 Å². The van der Waals surface area contributed by atoms with Crippen molar-refractivity contribution in [1.29, 1.82) is 0 Å². The number of allylic oxidation sites excluding steroid dienone is 2. The number of rotatable bonds is 0. The van der Waals surface area contributed by atoms with Crippen molar-refractivity contribution in [2.24, 2.45) is 11.8 Å². The summed E-state index contributed by atoms with van der Waals surface area (Å²) in [4.78, 5) is 0. The molecule has 1 unspecified atom stereocenters. The van der Waals surface area contributed by atoms with Crippen molar-refractivity contribution in [3.63, 3.8) is 0 Å². The van der Waals surface area contributed by atoms with E-state index >= 15 is 0 Å². The Morgan fingerprint density at radius 3 is 1.86 bits per heavy atom. The van der Waals surface area contributed by atoms with Crippen molar-refractivity contribution < 1.29 is 0 Å². The molecular weight excluding hydrogens is 84.1 g/mol. The number of fused-ring (bicyclic) bond motifs is 1. The third kappa shape index (κ3) is 0.370. The fourth-order valence-electron chi connectivity index (χ4n) is 1.64. The van der Waals surface area contributed by atoms with Gasteiger partial charge in [-0.25, -0.2) is 0 Å². The van der Waals surface area contributed by atoms with Gasteiger partial charge in [-0.1, -0.05) is 18.6 Å². The van der Waals surface area contributed by atoms with Crippen LogP contribution in [-0.2, 0) is 0 Å². The average Bonchev–Trinajstić information content (AvgIpc) is 1.85. The van der Waals surface area contributed by atoms with Gasteiger partial charge in [-0.05, 0) is 24.7 Å². The lowest BCUT2D eigenvalue weighted by Gasteiger charge is -2.19. The van der Waals surface area contributed by atoms with E-state index < -0.39 is 0 Å². The maximum atomic E-state index is 2.36. The summed E-state index contributed by atoms with van der Waals surface area (Å²) >= 11 is 0. The molecule has 2 aliphatic carbocycles. The Hall–Kier alpha value is -0.260. The molecule has 0 N–H and O–H groups in total. The predicted octanol–water partition coefficient (Wildman–Crippen LogP) is 1.97. The summed E-state index contributed by atoms with van der Waals surface area (Å²) in [5.41, 5.74) is 0. The van der Waals surface area contributed by atoms with Crippen LogP contribution < -0.4 is 0 Å². The third-order valence-electron chi connectivity index (χ3n) is 2.23. The summed E-state index contributed by atoms with van der Waals surface area (Å²) in [7, 11) is 0. The molecule has 0 aromatic rings. The van der Waals surface area contributed by atoms with Crippen LogP contribution in [0.25, 0.3) is 0 Å². The molecule has 1 saturated carbocycles. The van der Waals surface area contributed by atoms with Crippen LogP contribution in [0.1, 0.15) is 19.3 Å². The van der Waals surface area contributed by atoms with Crippen LogP contribution in [-0.4, -0.2) is 0 Å². The van der Waals surface area contributed by atoms with Crippen molar-refractivity contribution in [3.05, 3.63) is 12.2 Å². The molecule has 0 aliphatic heterocycles. The second kappa shape index (κ2) is 1.12. The first-order chi connectivity index (χ1) is 3.47. The normalized spacial score (nSPS) is 45.7. The topological polar surface area (TPSA) is 0 Å². The van der Waals surface area contributed by atoms with Gasteiger partial charge in [0.2, 0.25) is 0 Å². The number of hydrogen-bond donors (Lipinski definition) is 0. The lowest BCUT2D eigenvalue weighted by Crippen LogP contribution is -2.09. The second-order valence-corrected chi connectivity index (χ2v) is 2.64. The first-order valence-electron chi connectivity index (χ1n) is 3.15. The highest BCUT2D eigenvalue weighted by molar-refractivity contribution is 5.11. The Kier molecular flexibility index (Phi) is 0.592. The van der Waals surface area contributed by atoms with Gasteiger partial charge in [0.1, 0.15) is 0 Å². The summed E-state index contributed by atoms with van der Waals surface area (Å²) in [6.45, 7) is 0. The Morgan fingerprint density at radius 1 is 1.00 bits per heavy atom. The van der Waals surface area contributed by atoms with E-state index in [9.17, 15) is 0 Å². The Morgan fingerprint density at radius 2 is 1.57 bits per heavy atom. The van der Waals surface area contributed by atoms with E-state index in [0.717, 1.165) is 11.8 Å². The average molecular weight is 94.2 g/mol. The zero-order chi connectivity index (χ0) is 4.69. The largest absolute Gasteiger partial charge is 0.0845 e. The maximum Gasteiger partial charge on any atom is -0.0170 e. The lowest BCUT2D eigenvalue weighted by molar-refractivity contribution is 0.501. The van der Waals surface area contributed by atoms with E-state index in [0.29, 0.717) is 0 Å². The smallest absolute Gasteiger partial charge is 0.0170 e. The first-order valence-corrected chi connectivity index (χ1v) is 3.15. The van der Waals surface area contributed by atoms with Crippen molar-refractivity contribution in [3.8, 4) is 0 Å². The molecule has 0 spiro atoms. The Labute approximate surface area is 44.2 Å². The minimum atomic E-state index is 1.01. The zero-order valence-corrected chi connectivity index (χ0v) is 4.43. The Balaban J connectivity index is 2.17. The molecule has 0 aromatic carbocycles. The highest BCUT2D eigenvalue weighted by atomic mass is 14.3. The van der Waals surface area contributed by atoms with E-state index in [-0.39, 0.29) is 0 Å². The minimum Gasteiger partial charge on any atom is -0.0845 e. The van der Waals surface area contributed by atoms with E-state index in [1.807, 2.05) is 0 Å². The van der Waals surface area contributed by atoms with E-state index in [1.165, 1.54) is 19.3 Å². The Bertz CT molecular complexity index is 90.6. The monoisotopic (exact) mass is 94.1 g/mol. The molecule has 7 heavy (non-hydrogen) atoms. The van der Waals surface area contributed by atoms with Gasteiger partial charge in [0.25, 0.3) is 0 Å². The molecule has 0 heterocycles. The van der Waals surface area contributed by atoms with E-state index in [4.69, 9.17) is 0 Å². The summed E-state index contributed by atoms with van der Waals surface area (Å²) in [5.74, 6) is 2.03. The predicted molar refractivity (Wildman–Crippen MR) is 30.0 cm³/mol. The summed E-state index contributed by atoms with van der Waals surface area (Å²) < 4.78 is 0. The molecular formula is C7H10. The quantitative estimate of drug-likeness (QED) is 0.402. The van der Waals surface area contributed by atoms with Gasteiger partial charge in [0.05, 0.1) is 0 Å². The second-order valence-electron chi connectivity index (χ2n) is 2.64. The molecule has 0 radical (unpaired) electrons. The summed E-state index contributed by atoms with van der Waals surface area (Å²) in [6.07, 6.45) is 9.14. The van der Waals surface area contributed by atoms with Crippen molar-refractivity contribution >= 4 is 0 Å². The molecule has 0 aromatic heterocycles. The molecule has 2 rings (SSSR count). The standard InChI is InChI=1S/C7H10/c1-2-6-4-5-7(6)3-1/h4-7H,1-3H2/t6-,7?/m1/s1. The molecule has 0 saturated heterocycles. The van der Waals surface area contributed by atoms with Gasteiger partial charge < -0.3 is 0 Å².